The fourth-order valence-corrected chi connectivity index (χ4v) is 0.528. The Bertz CT molecular complexity index is 42.9. The van der Waals surface area contributed by atoms with Gasteiger partial charge in [-0.15, -0.1) is 0 Å². The summed E-state index contributed by atoms with van der Waals surface area (Å²) in [5.74, 6) is 0. The number of hydrogen-bond donors (Lipinski definition) is 1. The van der Waals surface area contributed by atoms with Crippen LogP contribution in [0.2, 0.25) is 0 Å². The zero-order valence-corrected chi connectivity index (χ0v) is 7.24. The molecular weight excluding hydrogens is 162 g/mol. The van der Waals surface area contributed by atoms with Crippen molar-refractivity contribution >= 4 is 0 Å². The number of likely N-dealkylation sites (N-methyl/N-ethyl adjacent to an activating group) is 1. The molecule has 1 unspecified atom stereocenters. The Kier molecular flexibility index (Phi) is 27.6. The van der Waals surface area contributed by atoms with Crippen LogP contribution in [0.5, 0.6) is 0 Å². The number of nitrogens with zero attached hydrogens (tertiary/aromatic N) is 1. The molecule has 2 nitrogen and oxygen atoms in total. The molecule has 64 valence electrons. The largest absolute Gasteiger partial charge is 0.392 e. The molecule has 0 aliphatic heterocycles. The fourth-order valence-electron chi connectivity index (χ4n) is 0.528. The summed E-state index contributed by atoms with van der Waals surface area (Å²) >= 11 is 0. The van der Waals surface area contributed by atoms with E-state index in [4.69, 9.17) is 5.11 Å². The van der Waals surface area contributed by atoms with Crippen LogP contribution < -0.4 is 0 Å². The summed E-state index contributed by atoms with van der Waals surface area (Å²) < 4.78 is 0. The molecule has 3 heteroatoms. The van der Waals surface area contributed by atoms with Crippen LogP contribution in [0.25, 0.3) is 0 Å². The van der Waals surface area contributed by atoms with Crippen molar-refractivity contribution in [2.45, 2.75) is 27.9 Å². The van der Waals surface area contributed by atoms with Crippen LogP contribution in [0.1, 0.15) is 21.8 Å². The van der Waals surface area contributed by atoms with Crippen LogP contribution in [0, 0.1) is 0 Å². The van der Waals surface area contributed by atoms with E-state index in [9.17, 15) is 0 Å². The molecule has 0 fully saturated rings. The Labute approximate surface area is 80.5 Å². The molecule has 0 aliphatic rings. The van der Waals surface area contributed by atoms with Gasteiger partial charge in [0.05, 0.1) is 6.10 Å². The standard InChI is InChI=1S/C5H13NO.2CH4.Ti/c1-5(7)4-6(2)3;;;/h5,7H,4H2,1-3H3;2*1H4;. The van der Waals surface area contributed by atoms with E-state index in [2.05, 4.69) is 0 Å². The van der Waals surface area contributed by atoms with Gasteiger partial charge < -0.3 is 10.0 Å². The van der Waals surface area contributed by atoms with Crippen molar-refractivity contribution < 1.29 is 26.8 Å². The molecule has 0 aromatic carbocycles. The minimum Gasteiger partial charge on any atom is -0.392 e. The summed E-state index contributed by atoms with van der Waals surface area (Å²) in [4.78, 5) is 1.95. The summed E-state index contributed by atoms with van der Waals surface area (Å²) in [6.45, 7) is 2.53. The molecular formula is C7H21NOTi. The number of aliphatic hydroxyl groups excluding tert-OH is 1. The van der Waals surface area contributed by atoms with Crippen molar-refractivity contribution in [3.05, 3.63) is 0 Å². The molecule has 0 saturated carbocycles. The van der Waals surface area contributed by atoms with E-state index < -0.39 is 0 Å². The summed E-state index contributed by atoms with van der Waals surface area (Å²) in [5.41, 5.74) is 0. The average Bonchev–Trinajstić information content (AvgIpc) is 1.27. The topological polar surface area (TPSA) is 23.5 Å². The predicted octanol–water partition coefficient (Wildman–Crippen LogP) is 1.20. The van der Waals surface area contributed by atoms with Gasteiger partial charge >= 0.3 is 0 Å². The van der Waals surface area contributed by atoms with Crippen LogP contribution in [0.3, 0.4) is 0 Å². The summed E-state index contributed by atoms with van der Waals surface area (Å²) in [6, 6.07) is 0. The first-order valence-corrected chi connectivity index (χ1v) is 2.45. The Balaban J connectivity index is -0.0000000600. The molecule has 0 amide bonds. The molecule has 0 bridgehead atoms. The maximum atomic E-state index is 8.68. The average molecular weight is 183 g/mol. The monoisotopic (exact) mass is 183 g/mol. The van der Waals surface area contributed by atoms with Gasteiger partial charge in [0, 0.05) is 28.3 Å². The Morgan fingerprint density at radius 2 is 1.60 bits per heavy atom. The van der Waals surface area contributed by atoms with E-state index in [1.807, 2.05) is 19.0 Å². The smallest absolute Gasteiger partial charge is 0.0638 e. The van der Waals surface area contributed by atoms with Crippen molar-refractivity contribution in [1.29, 1.82) is 0 Å². The first-order chi connectivity index (χ1) is 3.13. The van der Waals surface area contributed by atoms with E-state index in [0.29, 0.717) is 0 Å². The van der Waals surface area contributed by atoms with Crippen molar-refractivity contribution in [3.8, 4) is 0 Å². The molecule has 0 aromatic heterocycles. The molecule has 1 atom stereocenters. The summed E-state index contributed by atoms with van der Waals surface area (Å²) in [5, 5.41) is 8.68. The molecule has 0 spiro atoms. The second-order valence-electron chi connectivity index (χ2n) is 2.11. The van der Waals surface area contributed by atoms with Crippen LogP contribution in [-0.4, -0.2) is 36.8 Å². The fraction of sp³-hybridized carbons (Fsp3) is 1.00. The van der Waals surface area contributed by atoms with Gasteiger partial charge in [-0.3, -0.25) is 0 Å². The van der Waals surface area contributed by atoms with Crippen LogP contribution in [0.15, 0.2) is 0 Å². The van der Waals surface area contributed by atoms with Gasteiger partial charge in [-0.25, -0.2) is 0 Å². The summed E-state index contributed by atoms with van der Waals surface area (Å²) in [7, 11) is 3.87. The maximum Gasteiger partial charge on any atom is 0.0638 e. The molecule has 0 aromatic rings. The zero-order chi connectivity index (χ0) is 5.86. The first kappa shape index (κ1) is 22.4. The quantitative estimate of drug-likeness (QED) is 0.650. The zero-order valence-electron chi connectivity index (χ0n) is 5.68. The SMILES string of the molecule is C.C.CC(O)CN(C)C.[Ti]. The summed E-state index contributed by atoms with van der Waals surface area (Å²) in [6.07, 6.45) is -0.199. The van der Waals surface area contributed by atoms with E-state index in [-0.39, 0.29) is 42.7 Å². The predicted molar refractivity (Wildman–Crippen MR) is 43.7 cm³/mol. The Hall–Kier alpha value is 0.634. The molecule has 10 heavy (non-hydrogen) atoms. The molecule has 0 heterocycles. The first-order valence-electron chi connectivity index (χ1n) is 2.45. The van der Waals surface area contributed by atoms with Crippen molar-refractivity contribution in [2.24, 2.45) is 0 Å². The van der Waals surface area contributed by atoms with Gasteiger partial charge in [0.1, 0.15) is 0 Å². The molecule has 0 aliphatic carbocycles. The molecule has 1 N–H and O–H groups in total. The van der Waals surface area contributed by atoms with Gasteiger partial charge in [0.2, 0.25) is 0 Å². The van der Waals surface area contributed by atoms with E-state index >= 15 is 0 Å². The third-order valence-electron chi connectivity index (χ3n) is 0.629. The van der Waals surface area contributed by atoms with Crippen molar-refractivity contribution in [3.63, 3.8) is 0 Å². The maximum absolute atomic E-state index is 8.68. The third kappa shape index (κ3) is 23.4. The normalized spacial score (nSPS) is 10.5. The van der Waals surface area contributed by atoms with Gasteiger partial charge in [0.25, 0.3) is 0 Å². The van der Waals surface area contributed by atoms with E-state index in [1.54, 1.807) is 6.92 Å². The Morgan fingerprint density at radius 3 is 1.60 bits per heavy atom. The van der Waals surface area contributed by atoms with Crippen molar-refractivity contribution in [2.75, 3.05) is 20.6 Å². The minimum atomic E-state index is -0.199. The number of rotatable bonds is 2. The van der Waals surface area contributed by atoms with Crippen LogP contribution >= 0.6 is 0 Å². The van der Waals surface area contributed by atoms with Gasteiger partial charge in [0.15, 0.2) is 0 Å². The van der Waals surface area contributed by atoms with Crippen molar-refractivity contribution in [1.82, 2.24) is 4.90 Å². The second-order valence-corrected chi connectivity index (χ2v) is 2.11. The molecule has 0 rings (SSSR count). The number of hydrogen-bond acceptors (Lipinski definition) is 2. The van der Waals surface area contributed by atoms with Gasteiger partial charge in [-0.05, 0) is 21.0 Å². The van der Waals surface area contributed by atoms with Gasteiger partial charge in [-0.1, -0.05) is 14.9 Å². The van der Waals surface area contributed by atoms with E-state index in [0.717, 1.165) is 6.54 Å². The molecule has 0 radical (unpaired) electrons. The van der Waals surface area contributed by atoms with Gasteiger partial charge in [-0.2, -0.15) is 0 Å². The van der Waals surface area contributed by atoms with Crippen LogP contribution in [0.4, 0.5) is 0 Å². The number of aliphatic hydroxyl groups is 1. The molecule has 0 saturated heterocycles. The second kappa shape index (κ2) is 12.3. The third-order valence-corrected chi connectivity index (χ3v) is 0.629. The Morgan fingerprint density at radius 1 is 1.30 bits per heavy atom. The van der Waals surface area contributed by atoms with Crippen LogP contribution in [-0.2, 0) is 21.7 Å². The minimum absolute atomic E-state index is 0. The van der Waals surface area contributed by atoms with E-state index in [1.165, 1.54) is 0 Å².